The van der Waals surface area contributed by atoms with Gasteiger partial charge in [-0.15, -0.1) is 0 Å². The van der Waals surface area contributed by atoms with Crippen LogP contribution in [0.15, 0.2) is 0 Å². The van der Waals surface area contributed by atoms with Crippen LogP contribution in [0.3, 0.4) is 0 Å². The van der Waals surface area contributed by atoms with Crippen LogP contribution >= 0.6 is 0 Å². The van der Waals surface area contributed by atoms with Crippen LogP contribution in [0.5, 0.6) is 0 Å². The molecular weight excluding hydrogens is 224 g/mol. The van der Waals surface area contributed by atoms with E-state index in [4.69, 9.17) is 5.11 Å². The van der Waals surface area contributed by atoms with Gasteiger partial charge < -0.3 is 20.4 Å². The largest absolute Gasteiger partial charge is 0.480 e. The maximum atomic E-state index is 11.8. The average molecular weight is 244 g/mol. The summed E-state index contributed by atoms with van der Waals surface area (Å²) in [6, 6.07) is -1.17. The van der Waals surface area contributed by atoms with Gasteiger partial charge in [0.2, 0.25) is 0 Å². The van der Waals surface area contributed by atoms with E-state index in [1.165, 1.54) is 0 Å². The summed E-state index contributed by atoms with van der Waals surface area (Å²) in [5.74, 6) is -1.00. The predicted molar refractivity (Wildman–Crippen MR) is 61.7 cm³/mol. The number of carbonyl (C=O) groups is 2. The molecule has 6 nitrogen and oxygen atoms in total. The molecule has 1 rings (SSSR count). The Morgan fingerprint density at radius 3 is 2.47 bits per heavy atom. The van der Waals surface area contributed by atoms with Gasteiger partial charge in [0.15, 0.2) is 0 Å². The second-order valence-electron chi connectivity index (χ2n) is 4.35. The maximum Gasteiger partial charge on any atom is 0.326 e. The minimum absolute atomic E-state index is 0.343. The van der Waals surface area contributed by atoms with E-state index in [9.17, 15) is 14.7 Å². The minimum atomic E-state index is -1.00. The number of aliphatic hydroxyl groups is 1. The maximum absolute atomic E-state index is 11.8. The predicted octanol–water partition coefficient (Wildman–Crippen LogP) is 0.406. The first-order valence-electron chi connectivity index (χ1n) is 6.01. The van der Waals surface area contributed by atoms with Crippen molar-refractivity contribution in [1.82, 2.24) is 10.2 Å². The van der Waals surface area contributed by atoms with Gasteiger partial charge in [0.1, 0.15) is 6.04 Å². The van der Waals surface area contributed by atoms with Crippen molar-refractivity contribution < 1.29 is 19.8 Å². The van der Waals surface area contributed by atoms with Crippen LogP contribution in [-0.2, 0) is 4.79 Å². The first-order chi connectivity index (χ1) is 8.04. The third-order valence-electron chi connectivity index (χ3n) is 2.92. The Morgan fingerprint density at radius 2 is 2.00 bits per heavy atom. The zero-order valence-electron chi connectivity index (χ0n) is 10.1. The number of nitrogens with one attached hydrogen (secondary N) is 1. The third-order valence-corrected chi connectivity index (χ3v) is 2.92. The molecule has 1 aliphatic rings. The Morgan fingerprint density at radius 1 is 1.41 bits per heavy atom. The van der Waals surface area contributed by atoms with E-state index in [1.54, 1.807) is 4.90 Å². The van der Waals surface area contributed by atoms with Gasteiger partial charge in [-0.3, -0.25) is 0 Å². The number of likely N-dealkylation sites (tertiary alicyclic amines) is 1. The number of aliphatic hydroxyl groups excluding tert-OH is 1. The molecule has 0 spiro atoms. The van der Waals surface area contributed by atoms with Gasteiger partial charge in [0.05, 0.1) is 6.10 Å². The number of carboxylic acids is 1. The quantitative estimate of drug-likeness (QED) is 0.668. The van der Waals surface area contributed by atoms with E-state index < -0.39 is 12.0 Å². The fourth-order valence-corrected chi connectivity index (χ4v) is 1.86. The summed E-state index contributed by atoms with van der Waals surface area (Å²) in [7, 11) is 0. The Kier molecular flexibility index (Phi) is 5.21. The number of carboxylic acid groups (broad SMARTS) is 1. The van der Waals surface area contributed by atoms with E-state index in [0.717, 1.165) is 0 Å². The number of piperidine rings is 1. The van der Waals surface area contributed by atoms with Crippen molar-refractivity contribution in [3.63, 3.8) is 0 Å². The number of rotatable bonds is 4. The van der Waals surface area contributed by atoms with Crippen LogP contribution in [0.1, 0.15) is 32.6 Å². The molecule has 0 radical (unpaired) electrons. The molecule has 1 fully saturated rings. The summed E-state index contributed by atoms with van der Waals surface area (Å²) in [5.41, 5.74) is 0. The highest BCUT2D eigenvalue weighted by atomic mass is 16.4. The first-order valence-corrected chi connectivity index (χ1v) is 6.01. The summed E-state index contributed by atoms with van der Waals surface area (Å²) in [6.07, 6.45) is 1.90. The van der Waals surface area contributed by atoms with Crippen molar-refractivity contribution in [2.75, 3.05) is 13.1 Å². The molecule has 0 aromatic rings. The normalized spacial score (nSPS) is 18.8. The number of aliphatic carboxylic acids is 1. The van der Waals surface area contributed by atoms with Crippen molar-refractivity contribution in [2.24, 2.45) is 0 Å². The highest BCUT2D eigenvalue weighted by Crippen LogP contribution is 2.10. The van der Waals surface area contributed by atoms with Crippen molar-refractivity contribution in [3.8, 4) is 0 Å². The Bertz CT molecular complexity index is 275. The lowest BCUT2D eigenvalue weighted by atomic mass is 10.1. The molecule has 98 valence electrons. The molecule has 1 aliphatic heterocycles. The first kappa shape index (κ1) is 13.8. The summed E-state index contributed by atoms with van der Waals surface area (Å²) in [5, 5.41) is 20.7. The topological polar surface area (TPSA) is 89.9 Å². The lowest BCUT2D eigenvalue weighted by Crippen LogP contribution is -2.50. The second kappa shape index (κ2) is 6.44. The second-order valence-corrected chi connectivity index (χ2v) is 4.35. The minimum Gasteiger partial charge on any atom is -0.480 e. The van der Waals surface area contributed by atoms with Gasteiger partial charge in [-0.1, -0.05) is 13.3 Å². The van der Waals surface area contributed by atoms with Crippen LogP contribution in [0, 0.1) is 0 Å². The van der Waals surface area contributed by atoms with Crippen molar-refractivity contribution in [2.45, 2.75) is 44.8 Å². The zero-order chi connectivity index (χ0) is 12.8. The molecular formula is C11H20N2O4. The molecule has 1 heterocycles. The summed E-state index contributed by atoms with van der Waals surface area (Å²) >= 11 is 0. The summed E-state index contributed by atoms with van der Waals surface area (Å²) in [6.45, 7) is 2.83. The Labute approximate surface area is 101 Å². The van der Waals surface area contributed by atoms with Gasteiger partial charge in [-0.25, -0.2) is 9.59 Å². The molecule has 17 heavy (non-hydrogen) atoms. The van der Waals surface area contributed by atoms with Crippen LogP contribution in [-0.4, -0.2) is 52.3 Å². The number of hydrogen-bond acceptors (Lipinski definition) is 3. The number of nitrogens with zero attached hydrogens (tertiary/aromatic N) is 1. The van der Waals surface area contributed by atoms with E-state index in [0.29, 0.717) is 38.8 Å². The molecule has 2 amide bonds. The standard InChI is InChI=1S/C11H20N2O4/c1-2-3-9(10(15)16)12-11(17)13-6-4-8(14)5-7-13/h8-9,14H,2-7H2,1H3,(H,12,17)(H,15,16)/t9-/m1/s1. The third kappa shape index (κ3) is 4.22. The van der Waals surface area contributed by atoms with Crippen LogP contribution < -0.4 is 5.32 Å². The highest BCUT2D eigenvalue weighted by Gasteiger charge is 2.25. The lowest BCUT2D eigenvalue weighted by Gasteiger charge is -2.30. The number of hydrogen-bond donors (Lipinski definition) is 3. The van der Waals surface area contributed by atoms with Gasteiger partial charge >= 0.3 is 12.0 Å². The lowest BCUT2D eigenvalue weighted by molar-refractivity contribution is -0.139. The molecule has 3 N–H and O–H groups in total. The molecule has 1 saturated heterocycles. The molecule has 0 aromatic heterocycles. The smallest absolute Gasteiger partial charge is 0.326 e. The van der Waals surface area contributed by atoms with Crippen LogP contribution in [0.2, 0.25) is 0 Å². The van der Waals surface area contributed by atoms with E-state index in [2.05, 4.69) is 5.32 Å². The molecule has 6 heteroatoms. The Hall–Kier alpha value is -1.30. The number of amides is 2. The Balaban J connectivity index is 2.44. The van der Waals surface area contributed by atoms with Crippen molar-refractivity contribution in [1.29, 1.82) is 0 Å². The number of carbonyl (C=O) groups excluding carboxylic acids is 1. The van der Waals surface area contributed by atoms with Gasteiger partial charge in [-0.05, 0) is 19.3 Å². The van der Waals surface area contributed by atoms with Gasteiger partial charge in [-0.2, -0.15) is 0 Å². The highest BCUT2D eigenvalue weighted by molar-refractivity contribution is 5.82. The van der Waals surface area contributed by atoms with Crippen molar-refractivity contribution in [3.05, 3.63) is 0 Å². The fraction of sp³-hybridized carbons (Fsp3) is 0.818. The summed E-state index contributed by atoms with van der Waals surface area (Å²) in [4.78, 5) is 24.2. The van der Waals surface area contributed by atoms with Crippen LogP contribution in [0.4, 0.5) is 4.79 Å². The van der Waals surface area contributed by atoms with Gasteiger partial charge in [0, 0.05) is 13.1 Å². The molecule has 0 bridgehead atoms. The molecule has 1 atom stereocenters. The fourth-order valence-electron chi connectivity index (χ4n) is 1.86. The van der Waals surface area contributed by atoms with Crippen LogP contribution in [0.25, 0.3) is 0 Å². The molecule has 0 aliphatic carbocycles. The molecule has 0 unspecified atom stereocenters. The molecule has 0 aromatic carbocycles. The zero-order valence-corrected chi connectivity index (χ0v) is 10.1. The SMILES string of the molecule is CCC[C@@H](NC(=O)N1CCC(O)CC1)C(=O)O. The van der Waals surface area contributed by atoms with Crippen molar-refractivity contribution >= 4 is 12.0 Å². The monoisotopic (exact) mass is 244 g/mol. The summed E-state index contributed by atoms with van der Waals surface area (Å²) < 4.78 is 0. The molecule has 0 saturated carbocycles. The number of urea groups is 1. The van der Waals surface area contributed by atoms with Gasteiger partial charge in [0.25, 0.3) is 0 Å². The average Bonchev–Trinajstić information content (AvgIpc) is 2.29. The van der Waals surface area contributed by atoms with E-state index >= 15 is 0 Å². The van der Waals surface area contributed by atoms with E-state index in [1.807, 2.05) is 6.92 Å². The van der Waals surface area contributed by atoms with E-state index in [-0.39, 0.29) is 12.1 Å².